The highest BCUT2D eigenvalue weighted by Crippen LogP contribution is 2.23. The molecule has 2 aromatic rings. The Hall–Kier alpha value is -2.54. The molecule has 1 aromatic heterocycles. The highest BCUT2D eigenvalue weighted by atomic mass is 16.2. The lowest BCUT2D eigenvalue weighted by Gasteiger charge is -2.15. The van der Waals surface area contributed by atoms with Crippen LogP contribution in [0, 0.1) is 24.7 Å². The van der Waals surface area contributed by atoms with E-state index in [1.165, 1.54) is 32.1 Å². The van der Waals surface area contributed by atoms with Crippen molar-refractivity contribution in [2.24, 2.45) is 13.0 Å². The van der Waals surface area contributed by atoms with Crippen LogP contribution in [0.1, 0.15) is 53.7 Å². The average Bonchev–Trinajstić information content (AvgIpc) is 3.02. The molecule has 0 radical (unpaired) electrons. The van der Waals surface area contributed by atoms with Crippen LogP contribution in [0.5, 0.6) is 0 Å². The van der Waals surface area contributed by atoms with Gasteiger partial charge in [-0.2, -0.15) is 5.10 Å². The molecule has 0 aliphatic heterocycles. The Kier molecular flexibility index (Phi) is 5.00. The predicted octanol–water partition coefficient (Wildman–Crippen LogP) is 3.91. The quantitative estimate of drug-likeness (QED) is 0.852. The lowest BCUT2D eigenvalue weighted by Crippen LogP contribution is -2.16. The summed E-state index contributed by atoms with van der Waals surface area (Å²) in [6.07, 6.45) is 8.03. The minimum absolute atomic E-state index is 0.154. The highest BCUT2D eigenvalue weighted by Gasteiger charge is 2.12. The Morgan fingerprint density at radius 3 is 2.71 bits per heavy atom. The van der Waals surface area contributed by atoms with Gasteiger partial charge < -0.3 is 5.32 Å². The van der Waals surface area contributed by atoms with Gasteiger partial charge in [-0.15, -0.1) is 0 Å². The van der Waals surface area contributed by atoms with Crippen molar-refractivity contribution in [3.05, 3.63) is 47.3 Å². The number of nitrogens with zero attached hydrogens (tertiary/aromatic N) is 2. The summed E-state index contributed by atoms with van der Waals surface area (Å²) < 4.78 is 1.56. The van der Waals surface area contributed by atoms with Crippen LogP contribution in [0.2, 0.25) is 0 Å². The fraction of sp³-hybridized carbons (Fsp3) is 0.400. The first kappa shape index (κ1) is 16.3. The SMILES string of the molecule is Cc1cc(C#CC2CCCCC2)ccc1NC(=O)c1ccnn1C. The topological polar surface area (TPSA) is 46.9 Å². The molecule has 0 unspecified atom stereocenters. The molecule has 1 amide bonds. The summed E-state index contributed by atoms with van der Waals surface area (Å²) in [7, 11) is 1.76. The number of anilines is 1. The van der Waals surface area contributed by atoms with Gasteiger partial charge in [-0.3, -0.25) is 9.48 Å². The Labute approximate surface area is 143 Å². The third-order valence-corrected chi connectivity index (χ3v) is 4.55. The number of carbonyl (C=O) groups excluding carboxylic acids is 1. The molecule has 0 saturated heterocycles. The zero-order valence-electron chi connectivity index (χ0n) is 14.3. The zero-order valence-corrected chi connectivity index (χ0v) is 14.3. The molecule has 1 heterocycles. The van der Waals surface area contributed by atoms with Crippen LogP contribution in [-0.4, -0.2) is 15.7 Å². The van der Waals surface area contributed by atoms with Crippen LogP contribution < -0.4 is 5.32 Å². The van der Waals surface area contributed by atoms with Crippen LogP contribution in [0.25, 0.3) is 0 Å². The Morgan fingerprint density at radius 2 is 2.04 bits per heavy atom. The summed E-state index contributed by atoms with van der Waals surface area (Å²) in [5.74, 6) is 7.09. The molecule has 0 bridgehead atoms. The van der Waals surface area contributed by atoms with Crippen molar-refractivity contribution in [1.82, 2.24) is 9.78 Å². The van der Waals surface area contributed by atoms with E-state index in [0.717, 1.165) is 16.8 Å². The van der Waals surface area contributed by atoms with E-state index in [2.05, 4.69) is 22.3 Å². The first-order valence-electron chi connectivity index (χ1n) is 8.55. The molecule has 0 spiro atoms. The number of aromatic nitrogens is 2. The van der Waals surface area contributed by atoms with Gasteiger partial charge in [0, 0.05) is 30.4 Å². The van der Waals surface area contributed by atoms with Crippen molar-refractivity contribution < 1.29 is 4.79 Å². The molecule has 3 rings (SSSR count). The van der Waals surface area contributed by atoms with E-state index in [9.17, 15) is 4.79 Å². The first-order valence-corrected chi connectivity index (χ1v) is 8.55. The summed E-state index contributed by atoms with van der Waals surface area (Å²) in [6.45, 7) is 1.99. The van der Waals surface area contributed by atoms with Crippen LogP contribution >= 0.6 is 0 Å². The lowest BCUT2D eigenvalue weighted by atomic mass is 9.89. The van der Waals surface area contributed by atoms with Crippen molar-refractivity contribution in [2.45, 2.75) is 39.0 Å². The zero-order chi connectivity index (χ0) is 16.9. The molecule has 1 N–H and O–H groups in total. The van der Waals surface area contributed by atoms with E-state index in [4.69, 9.17) is 0 Å². The van der Waals surface area contributed by atoms with Gasteiger partial charge in [0.25, 0.3) is 5.91 Å². The van der Waals surface area contributed by atoms with Crippen molar-refractivity contribution in [1.29, 1.82) is 0 Å². The Balaban J connectivity index is 1.69. The molecule has 0 atom stereocenters. The minimum atomic E-state index is -0.154. The number of hydrogen-bond donors (Lipinski definition) is 1. The summed E-state index contributed by atoms with van der Waals surface area (Å²) in [5, 5.41) is 6.96. The van der Waals surface area contributed by atoms with E-state index in [0.29, 0.717) is 11.6 Å². The average molecular weight is 321 g/mol. The van der Waals surface area contributed by atoms with E-state index in [1.807, 2.05) is 25.1 Å². The summed E-state index contributed by atoms with van der Waals surface area (Å²) >= 11 is 0. The number of nitrogens with one attached hydrogen (secondary N) is 1. The second-order valence-corrected chi connectivity index (χ2v) is 6.43. The highest BCUT2D eigenvalue weighted by molar-refractivity contribution is 6.03. The van der Waals surface area contributed by atoms with E-state index in [1.54, 1.807) is 24.0 Å². The maximum atomic E-state index is 12.3. The third kappa shape index (κ3) is 3.86. The molecule has 1 saturated carbocycles. The smallest absolute Gasteiger partial charge is 0.273 e. The summed E-state index contributed by atoms with van der Waals surface area (Å²) in [6, 6.07) is 7.64. The van der Waals surface area contributed by atoms with Crippen LogP contribution in [0.3, 0.4) is 0 Å². The molecule has 24 heavy (non-hydrogen) atoms. The van der Waals surface area contributed by atoms with Crippen molar-refractivity contribution in [3.63, 3.8) is 0 Å². The number of aryl methyl sites for hydroxylation is 2. The Bertz CT molecular complexity index is 789. The first-order chi connectivity index (χ1) is 11.6. The van der Waals surface area contributed by atoms with Gasteiger partial charge in [0.05, 0.1) is 0 Å². The monoisotopic (exact) mass is 321 g/mol. The fourth-order valence-corrected chi connectivity index (χ4v) is 3.10. The molecule has 1 fully saturated rings. The molecule has 1 aliphatic carbocycles. The Morgan fingerprint density at radius 1 is 1.25 bits per heavy atom. The summed E-state index contributed by atoms with van der Waals surface area (Å²) in [5.41, 5.74) is 3.37. The van der Waals surface area contributed by atoms with Crippen molar-refractivity contribution in [3.8, 4) is 11.8 Å². The van der Waals surface area contributed by atoms with Gasteiger partial charge in [-0.25, -0.2) is 0 Å². The van der Waals surface area contributed by atoms with Crippen LogP contribution in [0.4, 0.5) is 5.69 Å². The number of amides is 1. The molecule has 1 aromatic carbocycles. The van der Waals surface area contributed by atoms with Gasteiger partial charge in [0.1, 0.15) is 5.69 Å². The van der Waals surface area contributed by atoms with E-state index >= 15 is 0 Å². The van der Waals surface area contributed by atoms with Gasteiger partial charge in [-0.05, 0) is 49.6 Å². The molecule has 4 heteroatoms. The number of carbonyl (C=O) groups is 1. The van der Waals surface area contributed by atoms with Gasteiger partial charge in [0.15, 0.2) is 0 Å². The molecule has 1 aliphatic rings. The summed E-state index contributed by atoms with van der Waals surface area (Å²) in [4.78, 5) is 12.3. The fourth-order valence-electron chi connectivity index (χ4n) is 3.10. The standard InChI is InChI=1S/C20H23N3O/c1-15-14-17(9-8-16-6-4-3-5-7-16)10-11-18(15)22-20(24)19-12-13-21-23(19)2/h10-14,16H,3-7H2,1-2H3,(H,22,24). The van der Waals surface area contributed by atoms with Crippen LogP contribution in [-0.2, 0) is 7.05 Å². The second-order valence-electron chi connectivity index (χ2n) is 6.43. The number of benzene rings is 1. The number of hydrogen-bond acceptors (Lipinski definition) is 2. The van der Waals surface area contributed by atoms with E-state index in [-0.39, 0.29) is 5.91 Å². The lowest BCUT2D eigenvalue weighted by molar-refractivity contribution is 0.101. The number of rotatable bonds is 2. The third-order valence-electron chi connectivity index (χ3n) is 4.55. The molecular formula is C20H23N3O. The minimum Gasteiger partial charge on any atom is -0.320 e. The van der Waals surface area contributed by atoms with Crippen LogP contribution in [0.15, 0.2) is 30.5 Å². The van der Waals surface area contributed by atoms with E-state index < -0.39 is 0 Å². The van der Waals surface area contributed by atoms with Gasteiger partial charge in [-0.1, -0.05) is 31.1 Å². The maximum absolute atomic E-state index is 12.3. The predicted molar refractivity (Wildman–Crippen MR) is 95.8 cm³/mol. The molecule has 4 nitrogen and oxygen atoms in total. The van der Waals surface area contributed by atoms with Gasteiger partial charge >= 0.3 is 0 Å². The maximum Gasteiger partial charge on any atom is 0.273 e. The molecule has 124 valence electrons. The van der Waals surface area contributed by atoms with Crippen molar-refractivity contribution >= 4 is 11.6 Å². The van der Waals surface area contributed by atoms with Gasteiger partial charge in [0.2, 0.25) is 0 Å². The molecular weight excluding hydrogens is 298 g/mol. The largest absolute Gasteiger partial charge is 0.320 e. The van der Waals surface area contributed by atoms with Crippen molar-refractivity contribution in [2.75, 3.05) is 5.32 Å². The second kappa shape index (κ2) is 7.35. The normalized spacial score (nSPS) is 14.8.